The van der Waals surface area contributed by atoms with Crippen molar-refractivity contribution in [2.75, 3.05) is 63.6 Å². The van der Waals surface area contributed by atoms with Crippen LogP contribution in [0.1, 0.15) is 50.0 Å². The Labute approximate surface area is 287 Å². The molecular weight excluding hydrogens is 620 g/mol. The molecule has 4 heterocycles. The van der Waals surface area contributed by atoms with Gasteiger partial charge in [-0.25, -0.2) is 4.99 Å². The van der Waals surface area contributed by atoms with Gasteiger partial charge >= 0.3 is 0 Å². The van der Waals surface area contributed by atoms with Crippen molar-refractivity contribution < 1.29 is 19.1 Å². The fraction of sp³-hybridized carbons (Fsp3) is 0.459. The number of carbonyl (C=O) groups excluding carboxylic acids is 3. The number of fused-ring (bicyclic) bond motifs is 1. The van der Waals surface area contributed by atoms with Gasteiger partial charge in [-0.15, -0.1) is 0 Å². The van der Waals surface area contributed by atoms with E-state index in [-0.39, 0.29) is 29.8 Å². The number of nitrogens with zero attached hydrogens (tertiary/aromatic N) is 5. The molecule has 2 saturated heterocycles. The standard InChI is InChI=1S/C37H46N8O4/c1-42(2)36(48)32-23-26-24-38-37(41-34(26)45(32)29-7-3-4-8-29)39-27-10-12-28(13-11-27)44-18-16-43(17-19-44)20-21-49-30-9-5-6-25(22-30)31-14-15-33(46)40-35(31)47/h5-6,9-13,22-24,29,31,34H,3-4,7-8,14-21H2,1-2H3,(H2,38,39,41)(H,40,46,47). The van der Waals surface area contributed by atoms with E-state index in [1.165, 1.54) is 18.5 Å². The minimum Gasteiger partial charge on any atom is -0.492 e. The molecule has 12 heteroatoms. The van der Waals surface area contributed by atoms with Crippen LogP contribution in [0.4, 0.5) is 11.4 Å². The smallest absolute Gasteiger partial charge is 0.269 e. The van der Waals surface area contributed by atoms with E-state index in [0.29, 0.717) is 31.4 Å². The van der Waals surface area contributed by atoms with Crippen molar-refractivity contribution in [2.45, 2.75) is 56.7 Å². The first-order valence-electron chi connectivity index (χ1n) is 17.5. The van der Waals surface area contributed by atoms with Crippen LogP contribution in [0.2, 0.25) is 0 Å². The maximum Gasteiger partial charge on any atom is 0.269 e. The SMILES string of the molecule is CN(C)C(=O)C1=CC2=CNC(Nc3ccc(N4CCN(CCOc5cccc(C6CCC(=O)NC6=O)c5)CC4)cc3)=NC2N1C1CCCC1. The normalized spacial score (nSPS) is 22.9. The largest absolute Gasteiger partial charge is 0.492 e. The number of hydrogen-bond acceptors (Lipinski definition) is 10. The molecule has 1 aliphatic carbocycles. The van der Waals surface area contributed by atoms with E-state index in [0.717, 1.165) is 73.8 Å². The summed E-state index contributed by atoms with van der Waals surface area (Å²) < 4.78 is 6.06. The van der Waals surface area contributed by atoms with Crippen LogP contribution >= 0.6 is 0 Å². The van der Waals surface area contributed by atoms with E-state index in [1.807, 2.05) is 36.5 Å². The number of anilines is 2. The molecule has 3 fully saturated rings. The molecule has 0 bridgehead atoms. The Bertz CT molecular complexity index is 1650. The summed E-state index contributed by atoms with van der Waals surface area (Å²) in [5.41, 5.74) is 4.77. The highest BCUT2D eigenvalue weighted by atomic mass is 16.5. The van der Waals surface area contributed by atoms with Crippen molar-refractivity contribution in [2.24, 2.45) is 4.99 Å². The van der Waals surface area contributed by atoms with Crippen LogP contribution in [0.5, 0.6) is 5.75 Å². The van der Waals surface area contributed by atoms with E-state index in [9.17, 15) is 14.4 Å². The highest BCUT2D eigenvalue weighted by Crippen LogP contribution is 2.37. The molecule has 49 heavy (non-hydrogen) atoms. The number of imide groups is 1. The van der Waals surface area contributed by atoms with Gasteiger partial charge < -0.3 is 30.1 Å². The summed E-state index contributed by atoms with van der Waals surface area (Å²) in [7, 11) is 3.60. The maximum atomic E-state index is 13.1. The number of carbonyl (C=O) groups is 3. The first-order chi connectivity index (χ1) is 23.8. The van der Waals surface area contributed by atoms with Gasteiger partial charge in [0.15, 0.2) is 6.17 Å². The number of piperidine rings is 1. The zero-order chi connectivity index (χ0) is 33.9. The van der Waals surface area contributed by atoms with Gasteiger partial charge in [-0.05, 0) is 67.3 Å². The molecule has 7 rings (SSSR count). The molecule has 3 amide bonds. The molecule has 3 N–H and O–H groups in total. The number of hydrogen-bond donors (Lipinski definition) is 3. The van der Waals surface area contributed by atoms with Gasteiger partial charge in [0.1, 0.15) is 18.1 Å². The Morgan fingerprint density at radius 2 is 1.80 bits per heavy atom. The lowest BCUT2D eigenvalue weighted by Gasteiger charge is -2.36. The Morgan fingerprint density at radius 1 is 1.02 bits per heavy atom. The quantitative estimate of drug-likeness (QED) is 0.347. The summed E-state index contributed by atoms with van der Waals surface area (Å²) in [4.78, 5) is 50.6. The molecule has 2 aromatic rings. The molecule has 0 aromatic heterocycles. The summed E-state index contributed by atoms with van der Waals surface area (Å²) >= 11 is 0. The second-order valence-electron chi connectivity index (χ2n) is 13.6. The van der Waals surface area contributed by atoms with Crippen LogP contribution in [0.3, 0.4) is 0 Å². The van der Waals surface area contributed by atoms with Crippen LogP contribution in [0.15, 0.2) is 77.1 Å². The highest BCUT2D eigenvalue weighted by molar-refractivity contribution is 6.01. The van der Waals surface area contributed by atoms with Crippen molar-refractivity contribution in [1.29, 1.82) is 0 Å². The Morgan fingerprint density at radius 3 is 2.53 bits per heavy atom. The molecule has 0 spiro atoms. The molecular formula is C37H46N8O4. The minimum absolute atomic E-state index is 0.0194. The van der Waals surface area contributed by atoms with Gasteiger partial charge in [0.25, 0.3) is 5.91 Å². The predicted molar refractivity (Wildman–Crippen MR) is 189 cm³/mol. The van der Waals surface area contributed by atoms with Gasteiger partial charge in [0.2, 0.25) is 17.8 Å². The molecule has 258 valence electrons. The average Bonchev–Trinajstić information content (AvgIpc) is 3.77. The van der Waals surface area contributed by atoms with Gasteiger partial charge in [0, 0.05) is 82.4 Å². The van der Waals surface area contributed by atoms with E-state index >= 15 is 0 Å². The fourth-order valence-corrected chi connectivity index (χ4v) is 7.46. The number of aliphatic imine (C=N–C) groups is 1. The summed E-state index contributed by atoms with van der Waals surface area (Å²) in [6, 6.07) is 16.5. The number of rotatable bonds is 9. The second-order valence-corrected chi connectivity index (χ2v) is 13.6. The van der Waals surface area contributed by atoms with Crippen LogP contribution in [-0.2, 0) is 14.4 Å². The lowest BCUT2D eigenvalue weighted by Crippen LogP contribution is -2.47. The van der Waals surface area contributed by atoms with Crippen molar-refractivity contribution in [3.8, 4) is 5.75 Å². The van der Waals surface area contributed by atoms with E-state index in [2.05, 4.69) is 54.9 Å². The van der Waals surface area contributed by atoms with E-state index < -0.39 is 0 Å². The Balaban J connectivity index is 0.886. The van der Waals surface area contributed by atoms with E-state index in [4.69, 9.17) is 9.73 Å². The summed E-state index contributed by atoms with van der Waals surface area (Å²) in [6.07, 6.45) is 9.19. The number of guanidine groups is 1. The summed E-state index contributed by atoms with van der Waals surface area (Å²) in [6.45, 7) is 5.14. The van der Waals surface area contributed by atoms with Crippen molar-refractivity contribution in [1.82, 2.24) is 25.3 Å². The van der Waals surface area contributed by atoms with Gasteiger partial charge in [-0.1, -0.05) is 25.0 Å². The van der Waals surface area contributed by atoms with Gasteiger partial charge in [-0.2, -0.15) is 0 Å². The van der Waals surface area contributed by atoms with Crippen LogP contribution in [0, 0.1) is 0 Å². The molecule has 2 aromatic carbocycles. The number of benzene rings is 2. The summed E-state index contributed by atoms with van der Waals surface area (Å²) in [5.74, 6) is 0.694. The van der Waals surface area contributed by atoms with Crippen LogP contribution in [-0.4, -0.2) is 104 Å². The third-order valence-corrected chi connectivity index (χ3v) is 10.2. The van der Waals surface area contributed by atoms with Crippen LogP contribution < -0.4 is 25.6 Å². The number of likely N-dealkylation sites (N-methyl/N-ethyl adjacent to an activating group) is 1. The Hall–Kier alpha value is -4.84. The number of amides is 3. The highest BCUT2D eigenvalue weighted by Gasteiger charge is 2.40. The van der Waals surface area contributed by atoms with E-state index in [1.54, 1.807) is 19.0 Å². The minimum atomic E-state index is -0.312. The molecule has 5 aliphatic rings. The number of piperazine rings is 1. The van der Waals surface area contributed by atoms with Crippen molar-refractivity contribution in [3.05, 3.63) is 77.6 Å². The van der Waals surface area contributed by atoms with Crippen molar-refractivity contribution in [3.63, 3.8) is 0 Å². The van der Waals surface area contributed by atoms with Crippen LogP contribution in [0.25, 0.3) is 0 Å². The third-order valence-electron chi connectivity index (χ3n) is 10.2. The Kier molecular flexibility index (Phi) is 9.56. The number of nitrogens with one attached hydrogen (secondary N) is 3. The van der Waals surface area contributed by atoms with Gasteiger partial charge in [-0.3, -0.25) is 24.6 Å². The molecule has 0 radical (unpaired) electrons. The molecule has 2 atom stereocenters. The van der Waals surface area contributed by atoms with Gasteiger partial charge in [0.05, 0.1) is 5.92 Å². The zero-order valence-corrected chi connectivity index (χ0v) is 28.4. The lowest BCUT2D eigenvalue weighted by molar-refractivity contribution is -0.134. The molecule has 12 nitrogen and oxygen atoms in total. The van der Waals surface area contributed by atoms with Crippen molar-refractivity contribution >= 4 is 35.1 Å². The third kappa shape index (κ3) is 7.29. The molecule has 1 saturated carbocycles. The first-order valence-corrected chi connectivity index (χ1v) is 17.5. The number of ether oxygens (including phenoxy) is 1. The fourth-order valence-electron chi connectivity index (χ4n) is 7.46. The lowest BCUT2D eigenvalue weighted by atomic mass is 9.90. The first kappa shape index (κ1) is 32.7. The zero-order valence-electron chi connectivity index (χ0n) is 28.4. The maximum absolute atomic E-state index is 13.1. The molecule has 4 aliphatic heterocycles. The predicted octanol–water partition coefficient (Wildman–Crippen LogP) is 3.22. The monoisotopic (exact) mass is 666 g/mol. The second kappa shape index (κ2) is 14.3. The summed E-state index contributed by atoms with van der Waals surface area (Å²) in [5, 5.41) is 9.18. The molecule has 2 unspecified atom stereocenters. The average molecular weight is 667 g/mol. The topological polar surface area (TPSA) is 122 Å².